The van der Waals surface area contributed by atoms with Crippen LogP contribution in [0.2, 0.25) is 0 Å². The van der Waals surface area contributed by atoms with E-state index in [1.54, 1.807) is 0 Å². The summed E-state index contributed by atoms with van der Waals surface area (Å²) < 4.78 is 0. The van der Waals surface area contributed by atoms with Crippen molar-refractivity contribution < 1.29 is 4.79 Å². The molecule has 0 atom stereocenters. The van der Waals surface area contributed by atoms with E-state index in [0.717, 1.165) is 22.4 Å². The molecule has 0 fully saturated rings. The Hall–Kier alpha value is -2.10. The van der Waals surface area contributed by atoms with Gasteiger partial charge in [0, 0.05) is 17.3 Å². The van der Waals surface area contributed by atoms with Gasteiger partial charge in [0.05, 0.1) is 0 Å². The van der Waals surface area contributed by atoms with Crippen molar-refractivity contribution in [1.29, 1.82) is 0 Å². The summed E-state index contributed by atoms with van der Waals surface area (Å²) in [5.74, 6) is 0.458. The lowest BCUT2D eigenvalue weighted by Gasteiger charge is -2.17. The second-order valence-electron chi connectivity index (χ2n) is 5.39. The van der Waals surface area contributed by atoms with E-state index in [1.165, 1.54) is 16.7 Å². The summed E-state index contributed by atoms with van der Waals surface area (Å²) in [6, 6.07) is 1.82. The van der Waals surface area contributed by atoms with Gasteiger partial charge in [0.15, 0.2) is 5.82 Å². The van der Waals surface area contributed by atoms with E-state index in [4.69, 9.17) is 0 Å². The lowest BCUT2D eigenvalue weighted by molar-refractivity contribution is 0.102. The fourth-order valence-electron chi connectivity index (χ4n) is 2.50. The van der Waals surface area contributed by atoms with E-state index in [0.29, 0.717) is 5.82 Å². The maximum Gasteiger partial charge on any atom is 0.257 e. The van der Waals surface area contributed by atoms with Gasteiger partial charge in [-0.2, -0.15) is 5.10 Å². The normalized spacial score (nSPS) is 10.7. The zero-order valence-corrected chi connectivity index (χ0v) is 12.9. The van der Waals surface area contributed by atoms with Gasteiger partial charge in [-0.3, -0.25) is 9.89 Å². The quantitative estimate of drug-likeness (QED) is 0.878. The number of hydrogen-bond acceptors (Lipinski definition) is 2. The summed E-state index contributed by atoms with van der Waals surface area (Å²) in [5.41, 5.74) is 7.36. The second kappa shape index (κ2) is 5.12. The molecule has 0 unspecified atom stereocenters. The van der Waals surface area contributed by atoms with Gasteiger partial charge in [-0.05, 0) is 69.4 Å². The largest absolute Gasteiger partial charge is 0.305 e. The fourth-order valence-corrected chi connectivity index (χ4v) is 2.50. The molecule has 0 radical (unpaired) electrons. The molecule has 0 aliphatic carbocycles. The van der Waals surface area contributed by atoms with Crippen molar-refractivity contribution >= 4 is 11.7 Å². The number of aromatic amines is 1. The molecule has 1 aromatic heterocycles. The molecule has 1 aromatic carbocycles. The number of nitrogens with one attached hydrogen (secondary N) is 2. The summed E-state index contributed by atoms with van der Waals surface area (Å²) in [5, 5.41) is 9.72. The number of anilines is 1. The van der Waals surface area contributed by atoms with Crippen molar-refractivity contribution in [3.05, 3.63) is 45.1 Å². The standard InChI is InChI=1S/C16H21N3O/c1-8-7-14(19-18-8)17-16(20)15-12(5)10(3)9(2)11(4)13(15)6/h7H,1-6H3,(H2,17,18,19,20). The summed E-state index contributed by atoms with van der Waals surface area (Å²) >= 11 is 0. The molecule has 2 rings (SSSR count). The van der Waals surface area contributed by atoms with Gasteiger partial charge in [0.2, 0.25) is 0 Å². The van der Waals surface area contributed by atoms with Crippen LogP contribution in [0.15, 0.2) is 6.07 Å². The van der Waals surface area contributed by atoms with Crippen LogP contribution in [0.25, 0.3) is 0 Å². The van der Waals surface area contributed by atoms with Crippen molar-refractivity contribution in [2.45, 2.75) is 41.5 Å². The third-order valence-corrected chi connectivity index (χ3v) is 4.17. The van der Waals surface area contributed by atoms with E-state index < -0.39 is 0 Å². The third kappa shape index (κ3) is 2.33. The second-order valence-corrected chi connectivity index (χ2v) is 5.39. The molecule has 1 heterocycles. The zero-order chi connectivity index (χ0) is 15.0. The van der Waals surface area contributed by atoms with E-state index in [9.17, 15) is 4.79 Å². The fraction of sp³-hybridized carbons (Fsp3) is 0.375. The van der Waals surface area contributed by atoms with Gasteiger partial charge in [-0.15, -0.1) is 0 Å². The van der Waals surface area contributed by atoms with Gasteiger partial charge in [-0.25, -0.2) is 0 Å². The van der Waals surface area contributed by atoms with Crippen molar-refractivity contribution in [2.75, 3.05) is 5.32 Å². The van der Waals surface area contributed by atoms with Crippen LogP contribution in [-0.4, -0.2) is 16.1 Å². The Bertz CT molecular complexity index is 654. The SMILES string of the molecule is Cc1cc(NC(=O)c2c(C)c(C)c(C)c(C)c2C)n[nH]1. The molecule has 1 amide bonds. The lowest BCUT2D eigenvalue weighted by Crippen LogP contribution is -2.17. The van der Waals surface area contributed by atoms with Crippen molar-refractivity contribution in [2.24, 2.45) is 0 Å². The molecule has 2 N–H and O–H groups in total. The molecule has 4 nitrogen and oxygen atoms in total. The van der Waals surface area contributed by atoms with Crippen molar-refractivity contribution in [1.82, 2.24) is 10.2 Å². The molecule has 106 valence electrons. The third-order valence-electron chi connectivity index (χ3n) is 4.17. The number of H-pyrrole nitrogens is 1. The smallest absolute Gasteiger partial charge is 0.257 e. The molecule has 0 aliphatic heterocycles. The monoisotopic (exact) mass is 271 g/mol. The number of nitrogens with zero attached hydrogens (tertiary/aromatic N) is 1. The Morgan fingerprint density at radius 2 is 1.45 bits per heavy atom. The first-order valence-electron chi connectivity index (χ1n) is 6.73. The molecule has 0 spiro atoms. The lowest BCUT2D eigenvalue weighted by atomic mass is 9.89. The number of aromatic nitrogens is 2. The number of rotatable bonds is 2. The summed E-state index contributed by atoms with van der Waals surface area (Å²) in [6.07, 6.45) is 0. The number of hydrogen-bond donors (Lipinski definition) is 2. The first-order chi connectivity index (χ1) is 9.32. The molecule has 0 saturated carbocycles. The van der Waals surface area contributed by atoms with Crippen molar-refractivity contribution in [3.63, 3.8) is 0 Å². The molecule has 0 saturated heterocycles. The van der Waals surface area contributed by atoms with E-state index in [-0.39, 0.29) is 5.91 Å². The number of aryl methyl sites for hydroxylation is 1. The highest BCUT2D eigenvalue weighted by atomic mass is 16.1. The molecular weight excluding hydrogens is 250 g/mol. The van der Waals surface area contributed by atoms with E-state index in [2.05, 4.69) is 36.3 Å². The number of carbonyl (C=O) groups is 1. The highest BCUT2D eigenvalue weighted by Crippen LogP contribution is 2.26. The minimum atomic E-state index is -0.0994. The van der Waals surface area contributed by atoms with Gasteiger partial charge >= 0.3 is 0 Å². The summed E-state index contributed by atoms with van der Waals surface area (Å²) in [4.78, 5) is 12.5. The predicted octanol–water partition coefficient (Wildman–Crippen LogP) is 3.51. The maximum atomic E-state index is 12.5. The molecule has 20 heavy (non-hydrogen) atoms. The molecule has 0 aliphatic rings. The van der Waals surface area contributed by atoms with Gasteiger partial charge in [0.25, 0.3) is 5.91 Å². The van der Waals surface area contributed by atoms with Crippen LogP contribution in [0.5, 0.6) is 0 Å². The Labute approximate surface area is 119 Å². The number of benzene rings is 1. The Morgan fingerprint density at radius 3 is 1.90 bits per heavy atom. The zero-order valence-electron chi connectivity index (χ0n) is 12.9. The molecule has 4 heteroatoms. The van der Waals surface area contributed by atoms with Crippen LogP contribution in [0.4, 0.5) is 5.82 Å². The first-order valence-corrected chi connectivity index (χ1v) is 6.73. The molecular formula is C16H21N3O. The Balaban J connectivity index is 2.45. The highest BCUT2D eigenvalue weighted by Gasteiger charge is 2.18. The Morgan fingerprint density at radius 1 is 0.950 bits per heavy atom. The van der Waals surface area contributed by atoms with Crippen LogP contribution in [0.3, 0.4) is 0 Å². The average Bonchev–Trinajstić information content (AvgIpc) is 2.79. The Kier molecular flexibility index (Phi) is 3.66. The van der Waals surface area contributed by atoms with Crippen LogP contribution in [-0.2, 0) is 0 Å². The first kappa shape index (κ1) is 14.3. The molecule has 2 aromatic rings. The topological polar surface area (TPSA) is 57.8 Å². The van der Waals surface area contributed by atoms with Gasteiger partial charge in [-0.1, -0.05) is 0 Å². The highest BCUT2D eigenvalue weighted by molar-refractivity contribution is 6.06. The van der Waals surface area contributed by atoms with Crippen molar-refractivity contribution in [3.8, 4) is 0 Å². The van der Waals surface area contributed by atoms with E-state index >= 15 is 0 Å². The predicted molar refractivity (Wildman–Crippen MR) is 81.4 cm³/mol. The van der Waals surface area contributed by atoms with Crippen LogP contribution in [0.1, 0.15) is 43.9 Å². The summed E-state index contributed by atoms with van der Waals surface area (Å²) in [6.45, 7) is 12.1. The minimum Gasteiger partial charge on any atom is -0.305 e. The van der Waals surface area contributed by atoms with Crippen LogP contribution in [0, 0.1) is 41.5 Å². The maximum absolute atomic E-state index is 12.5. The van der Waals surface area contributed by atoms with E-state index in [1.807, 2.05) is 26.8 Å². The van der Waals surface area contributed by atoms with Gasteiger partial charge < -0.3 is 5.32 Å². The average molecular weight is 271 g/mol. The number of carbonyl (C=O) groups excluding carboxylic acids is 1. The van der Waals surface area contributed by atoms with Crippen LogP contribution >= 0.6 is 0 Å². The van der Waals surface area contributed by atoms with Crippen LogP contribution < -0.4 is 5.32 Å². The minimum absolute atomic E-state index is 0.0994. The van der Waals surface area contributed by atoms with Gasteiger partial charge in [0.1, 0.15) is 0 Å². The molecule has 0 bridgehead atoms. The number of amides is 1. The summed E-state index contributed by atoms with van der Waals surface area (Å²) in [7, 11) is 0.